The van der Waals surface area contributed by atoms with Crippen molar-refractivity contribution in [2.45, 2.75) is 12.6 Å². The number of aromatic nitrogens is 1. The average molecular weight is 335 g/mol. The van der Waals surface area contributed by atoms with E-state index in [1.54, 1.807) is 35.5 Å². The van der Waals surface area contributed by atoms with Gasteiger partial charge in [-0.3, -0.25) is 9.78 Å². The Balaban J connectivity index is 1.68. The molecule has 1 aliphatic rings. The van der Waals surface area contributed by atoms with Crippen LogP contribution in [0.2, 0.25) is 0 Å². The number of furan rings is 1. The highest BCUT2D eigenvalue weighted by Gasteiger charge is 2.39. The smallest absolute Gasteiger partial charge is 0.257 e. The van der Waals surface area contributed by atoms with Crippen molar-refractivity contribution in [2.24, 2.45) is 0 Å². The third-order valence-electron chi connectivity index (χ3n) is 3.84. The summed E-state index contributed by atoms with van der Waals surface area (Å²) in [4.78, 5) is 17.7. The largest absolute Gasteiger partial charge is 0.472 e. The molecule has 7 nitrogen and oxygen atoms in total. The molecule has 23 heavy (non-hydrogen) atoms. The zero-order chi connectivity index (χ0) is 16.4. The summed E-state index contributed by atoms with van der Waals surface area (Å²) in [7, 11) is -3.37. The summed E-state index contributed by atoms with van der Waals surface area (Å²) < 4.78 is 30.5. The Hall–Kier alpha value is -2.19. The number of carbonyl (C=O) groups excluding carboxylic acids is 1. The molecule has 0 bridgehead atoms. The Morgan fingerprint density at radius 1 is 1.35 bits per heavy atom. The van der Waals surface area contributed by atoms with E-state index in [0.717, 1.165) is 5.56 Å². The summed E-state index contributed by atoms with van der Waals surface area (Å²) in [6.07, 6.45) is 7.28. The summed E-state index contributed by atoms with van der Waals surface area (Å²) in [5.41, 5.74) is 1.34. The third-order valence-corrected chi connectivity index (χ3v) is 5.12. The molecular weight excluding hydrogens is 318 g/mol. The molecule has 122 valence electrons. The molecule has 1 saturated heterocycles. The van der Waals surface area contributed by atoms with Crippen LogP contribution in [0.4, 0.5) is 0 Å². The molecule has 0 N–H and O–H groups in total. The average Bonchev–Trinajstić information content (AvgIpc) is 2.98. The molecule has 0 aliphatic carbocycles. The van der Waals surface area contributed by atoms with E-state index in [4.69, 9.17) is 4.42 Å². The van der Waals surface area contributed by atoms with Gasteiger partial charge < -0.3 is 9.32 Å². The predicted molar refractivity (Wildman–Crippen MR) is 83.0 cm³/mol. The first-order valence-corrected chi connectivity index (χ1v) is 8.97. The van der Waals surface area contributed by atoms with E-state index < -0.39 is 10.0 Å². The van der Waals surface area contributed by atoms with Crippen molar-refractivity contribution < 1.29 is 17.6 Å². The molecule has 0 unspecified atom stereocenters. The Labute approximate surface area is 134 Å². The maximum Gasteiger partial charge on any atom is 0.257 e. The van der Waals surface area contributed by atoms with E-state index in [2.05, 4.69) is 4.98 Å². The Kier molecular flexibility index (Phi) is 4.18. The molecule has 0 spiro atoms. The van der Waals surface area contributed by atoms with Gasteiger partial charge in [-0.15, -0.1) is 0 Å². The molecule has 3 heterocycles. The lowest BCUT2D eigenvalue weighted by Crippen LogP contribution is -2.61. The van der Waals surface area contributed by atoms with Gasteiger partial charge in [-0.05, 0) is 23.8 Å². The van der Waals surface area contributed by atoms with Gasteiger partial charge in [0, 0.05) is 32.0 Å². The molecule has 0 saturated carbocycles. The van der Waals surface area contributed by atoms with Crippen molar-refractivity contribution in [3.63, 3.8) is 0 Å². The van der Waals surface area contributed by atoms with Crippen LogP contribution in [0.3, 0.4) is 0 Å². The highest BCUT2D eigenvalue weighted by molar-refractivity contribution is 7.88. The molecule has 1 aliphatic heterocycles. The highest BCUT2D eigenvalue weighted by atomic mass is 32.2. The standard InChI is InChI=1S/C15H17N3O4S/c1-23(20,21)18(8-12-2-5-16-6-3-12)14-9-17(10-14)15(19)13-4-7-22-11-13/h2-7,11,14H,8-10H2,1H3. The van der Waals surface area contributed by atoms with E-state index in [0.29, 0.717) is 18.7 Å². The molecule has 3 rings (SSSR count). The van der Waals surface area contributed by atoms with Gasteiger partial charge >= 0.3 is 0 Å². The first kappa shape index (κ1) is 15.7. The normalized spacial score (nSPS) is 15.7. The number of hydrogen-bond donors (Lipinski definition) is 0. The molecular formula is C15H17N3O4S. The first-order valence-electron chi connectivity index (χ1n) is 7.12. The van der Waals surface area contributed by atoms with Crippen LogP contribution in [0.15, 0.2) is 47.5 Å². The second-order valence-corrected chi connectivity index (χ2v) is 7.47. The number of nitrogens with zero attached hydrogens (tertiary/aromatic N) is 3. The second-order valence-electron chi connectivity index (χ2n) is 5.54. The fourth-order valence-corrected chi connectivity index (χ4v) is 3.62. The van der Waals surface area contributed by atoms with Crippen LogP contribution in [0.5, 0.6) is 0 Å². The molecule has 1 amide bonds. The summed E-state index contributed by atoms with van der Waals surface area (Å²) in [5.74, 6) is -0.146. The zero-order valence-electron chi connectivity index (χ0n) is 12.6. The Bertz CT molecular complexity index is 768. The molecule has 8 heteroatoms. The second kappa shape index (κ2) is 6.13. The van der Waals surface area contributed by atoms with Gasteiger partial charge in [0.1, 0.15) is 6.26 Å². The van der Waals surface area contributed by atoms with Crippen molar-refractivity contribution in [3.8, 4) is 0 Å². The minimum Gasteiger partial charge on any atom is -0.472 e. The number of likely N-dealkylation sites (tertiary alicyclic amines) is 1. The van der Waals surface area contributed by atoms with Crippen LogP contribution in [0, 0.1) is 0 Å². The number of amides is 1. The quantitative estimate of drug-likeness (QED) is 0.813. The van der Waals surface area contributed by atoms with Crippen molar-refractivity contribution in [3.05, 3.63) is 54.2 Å². The maximum absolute atomic E-state index is 12.2. The lowest BCUT2D eigenvalue weighted by molar-refractivity contribution is 0.0443. The van der Waals surface area contributed by atoms with Crippen LogP contribution in [0.25, 0.3) is 0 Å². The number of carbonyl (C=O) groups is 1. The van der Waals surface area contributed by atoms with Crippen molar-refractivity contribution in [1.82, 2.24) is 14.2 Å². The van der Waals surface area contributed by atoms with Gasteiger partial charge in [-0.1, -0.05) is 0 Å². The lowest BCUT2D eigenvalue weighted by Gasteiger charge is -2.44. The lowest BCUT2D eigenvalue weighted by atomic mass is 10.1. The van der Waals surface area contributed by atoms with Crippen molar-refractivity contribution in [2.75, 3.05) is 19.3 Å². The topological polar surface area (TPSA) is 83.7 Å². The van der Waals surface area contributed by atoms with Crippen molar-refractivity contribution in [1.29, 1.82) is 0 Å². The third kappa shape index (κ3) is 3.43. The maximum atomic E-state index is 12.2. The fourth-order valence-electron chi connectivity index (χ4n) is 2.56. The van der Waals surface area contributed by atoms with Gasteiger partial charge in [0.25, 0.3) is 5.91 Å². The summed E-state index contributed by atoms with van der Waals surface area (Å²) >= 11 is 0. The summed E-state index contributed by atoms with van der Waals surface area (Å²) in [5, 5.41) is 0. The van der Waals surface area contributed by atoms with Gasteiger partial charge in [-0.25, -0.2) is 8.42 Å². The zero-order valence-corrected chi connectivity index (χ0v) is 13.4. The van der Waals surface area contributed by atoms with Crippen molar-refractivity contribution >= 4 is 15.9 Å². The Morgan fingerprint density at radius 2 is 2.04 bits per heavy atom. The SMILES string of the molecule is CS(=O)(=O)N(Cc1ccncc1)C1CN(C(=O)c2ccoc2)C1. The molecule has 0 aromatic carbocycles. The van der Waals surface area contributed by atoms with Gasteiger partial charge in [0.15, 0.2) is 0 Å². The molecule has 2 aromatic rings. The first-order chi connectivity index (χ1) is 10.9. The number of sulfonamides is 1. The monoisotopic (exact) mass is 335 g/mol. The van der Waals surface area contributed by atoms with E-state index in [1.165, 1.54) is 23.1 Å². The summed E-state index contributed by atoms with van der Waals surface area (Å²) in [6.45, 7) is 1.03. The van der Waals surface area contributed by atoms with Gasteiger partial charge in [-0.2, -0.15) is 4.31 Å². The molecule has 0 atom stereocenters. The van der Waals surface area contributed by atoms with E-state index in [-0.39, 0.29) is 18.5 Å². The highest BCUT2D eigenvalue weighted by Crippen LogP contribution is 2.22. The van der Waals surface area contributed by atoms with Crippen LogP contribution in [0.1, 0.15) is 15.9 Å². The molecule has 2 aromatic heterocycles. The number of hydrogen-bond acceptors (Lipinski definition) is 5. The summed E-state index contributed by atoms with van der Waals surface area (Å²) in [6, 6.07) is 4.95. The molecule has 0 radical (unpaired) electrons. The van der Waals surface area contributed by atoms with Crippen LogP contribution < -0.4 is 0 Å². The van der Waals surface area contributed by atoms with Gasteiger partial charge in [0.2, 0.25) is 10.0 Å². The van der Waals surface area contributed by atoms with E-state index >= 15 is 0 Å². The van der Waals surface area contributed by atoms with Crippen LogP contribution >= 0.6 is 0 Å². The number of rotatable bonds is 5. The van der Waals surface area contributed by atoms with Crippen LogP contribution in [-0.2, 0) is 16.6 Å². The van der Waals surface area contributed by atoms with Crippen LogP contribution in [-0.4, -0.2) is 53.9 Å². The van der Waals surface area contributed by atoms with Gasteiger partial charge in [0.05, 0.1) is 24.1 Å². The minimum atomic E-state index is -3.37. The number of pyridine rings is 1. The fraction of sp³-hybridized carbons (Fsp3) is 0.333. The minimum absolute atomic E-state index is 0.146. The molecule has 1 fully saturated rings. The predicted octanol–water partition coefficient (Wildman–Crippen LogP) is 0.961. The van der Waals surface area contributed by atoms with E-state index in [9.17, 15) is 13.2 Å². The Morgan fingerprint density at radius 3 is 2.61 bits per heavy atom. The van der Waals surface area contributed by atoms with E-state index in [1.807, 2.05) is 0 Å².